The molecule has 136 valence electrons. The molecular weight excluding hydrogens is 290 g/mol. The number of amides is 1. The maximum Gasteiger partial charge on any atom is 0.224 e. The summed E-state index contributed by atoms with van der Waals surface area (Å²) in [6.07, 6.45) is 2.95. The van der Waals surface area contributed by atoms with E-state index in [1.54, 1.807) is 0 Å². The van der Waals surface area contributed by atoms with E-state index in [9.17, 15) is 4.79 Å². The third-order valence-electron chi connectivity index (χ3n) is 3.74. The summed E-state index contributed by atoms with van der Waals surface area (Å²) in [7, 11) is 2.13. The Morgan fingerprint density at radius 3 is 2.30 bits per heavy atom. The fraction of sp³-hybridized carbons (Fsp3) is 0.882. The number of carbonyl (C=O) groups is 1. The molecule has 0 rings (SSSR count). The van der Waals surface area contributed by atoms with Crippen LogP contribution in [0, 0.1) is 0 Å². The number of hydrogen-bond donors (Lipinski definition) is 2. The van der Waals surface area contributed by atoms with Crippen molar-refractivity contribution in [2.24, 2.45) is 4.99 Å². The highest BCUT2D eigenvalue weighted by molar-refractivity contribution is 5.81. The second-order valence-corrected chi connectivity index (χ2v) is 5.66. The molecule has 0 aliphatic carbocycles. The smallest absolute Gasteiger partial charge is 0.224 e. The van der Waals surface area contributed by atoms with E-state index in [2.05, 4.69) is 34.5 Å². The molecule has 23 heavy (non-hydrogen) atoms. The number of guanidine groups is 1. The van der Waals surface area contributed by atoms with Crippen LogP contribution in [0.4, 0.5) is 0 Å². The molecule has 0 aliphatic rings. The van der Waals surface area contributed by atoms with Gasteiger partial charge in [0.05, 0.1) is 6.54 Å². The van der Waals surface area contributed by atoms with Gasteiger partial charge in [0.2, 0.25) is 5.91 Å². The maximum absolute atomic E-state index is 12.0. The minimum absolute atomic E-state index is 0.192. The van der Waals surface area contributed by atoms with Crippen molar-refractivity contribution in [3.8, 4) is 0 Å². The van der Waals surface area contributed by atoms with Crippen LogP contribution in [0.3, 0.4) is 0 Å². The Morgan fingerprint density at radius 2 is 1.74 bits per heavy atom. The van der Waals surface area contributed by atoms with Crippen molar-refractivity contribution in [1.82, 2.24) is 20.4 Å². The third kappa shape index (κ3) is 11.0. The zero-order valence-corrected chi connectivity index (χ0v) is 15.8. The van der Waals surface area contributed by atoms with Gasteiger partial charge in [0.1, 0.15) is 0 Å². The molecule has 0 radical (unpaired) electrons. The van der Waals surface area contributed by atoms with Crippen molar-refractivity contribution in [2.75, 3.05) is 52.9 Å². The van der Waals surface area contributed by atoms with Crippen LogP contribution in [-0.4, -0.2) is 74.5 Å². The van der Waals surface area contributed by atoms with E-state index in [4.69, 9.17) is 0 Å². The molecule has 0 atom stereocenters. The van der Waals surface area contributed by atoms with Crippen molar-refractivity contribution in [2.45, 2.75) is 47.0 Å². The predicted octanol–water partition coefficient (Wildman–Crippen LogP) is 1.53. The molecule has 6 heteroatoms. The molecule has 0 bridgehead atoms. The zero-order valence-electron chi connectivity index (χ0n) is 15.8. The summed E-state index contributed by atoms with van der Waals surface area (Å²) < 4.78 is 0. The van der Waals surface area contributed by atoms with Crippen LogP contribution < -0.4 is 10.6 Å². The van der Waals surface area contributed by atoms with Crippen LogP contribution in [-0.2, 0) is 4.79 Å². The average molecular weight is 328 g/mol. The fourth-order valence-electron chi connectivity index (χ4n) is 2.24. The lowest BCUT2D eigenvalue weighted by Crippen LogP contribution is -2.40. The van der Waals surface area contributed by atoms with Crippen molar-refractivity contribution < 1.29 is 4.79 Å². The molecule has 0 aromatic rings. The van der Waals surface area contributed by atoms with Crippen LogP contribution in [0.5, 0.6) is 0 Å². The Bertz CT molecular complexity index is 329. The van der Waals surface area contributed by atoms with Gasteiger partial charge in [-0.15, -0.1) is 0 Å². The first-order valence-corrected chi connectivity index (χ1v) is 9.07. The minimum Gasteiger partial charge on any atom is -0.357 e. The van der Waals surface area contributed by atoms with E-state index < -0.39 is 0 Å². The lowest BCUT2D eigenvalue weighted by Gasteiger charge is -2.19. The normalized spacial score (nSPS) is 11.7. The van der Waals surface area contributed by atoms with Gasteiger partial charge in [0.15, 0.2) is 5.96 Å². The van der Waals surface area contributed by atoms with Gasteiger partial charge in [-0.2, -0.15) is 0 Å². The molecule has 0 heterocycles. The van der Waals surface area contributed by atoms with E-state index >= 15 is 0 Å². The number of carbonyl (C=O) groups excluding carboxylic acids is 1. The van der Waals surface area contributed by atoms with E-state index in [1.165, 1.54) is 12.8 Å². The highest BCUT2D eigenvalue weighted by Crippen LogP contribution is 1.93. The number of nitrogens with zero attached hydrogens (tertiary/aromatic N) is 3. The van der Waals surface area contributed by atoms with Gasteiger partial charge >= 0.3 is 0 Å². The topological polar surface area (TPSA) is 60.0 Å². The Hall–Kier alpha value is -1.30. The van der Waals surface area contributed by atoms with Crippen molar-refractivity contribution in [3.63, 3.8) is 0 Å². The monoisotopic (exact) mass is 327 g/mol. The summed E-state index contributed by atoms with van der Waals surface area (Å²) in [5, 5.41) is 6.47. The summed E-state index contributed by atoms with van der Waals surface area (Å²) in [6.45, 7) is 14.1. The molecule has 0 fully saturated rings. The highest BCUT2D eigenvalue weighted by atomic mass is 16.2. The number of nitrogens with one attached hydrogen (secondary N) is 2. The lowest BCUT2D eigenvalue weighted by atomic mass is 10.3. The SMILES string of the molecule is CCCCN(C)CCN=C(NCC)NCCC(=O)N(CC)CC. The summed E-state index contributed by atoms with van der Waals surface area (Å²) in [4.78, 5) is 20.7. The first kappa shape index (κ1) is 21.7. The van der Waals surface area contributed by atoms with E-state index in [1.807, 2.05) is 25.7 Å². The molecular formula is C17H37N5O. The standard InChI is InChI=1S/C17H37N5O/c1-6-10-14-21(5)15-13-20-17(18-7-2)19-12-11-16(23)22(8-3)9-4/h6-15H2,1-5H3,(H2,18,19,20). The fourth-order valence-corrected chi connectivity index (χ4v) is 2.24. The van der Waals surface area contributed by atoms with Gasteiger partial charge in [-0.25, -0.2) is 0 Å². The summed E-state index contributed by atoms with van der Waals surface area (Å²) >= 11 is 0. The van der Waals surface area contributed by atoms with E-state index in [-0.39, 0.29) is 5.91 Å². The average Bonchev–Trinajstić information content (AvgIpc) is 2.54. The number of unbranched alkanes of at least 4 members (excludes halogenated alkanes) is 1. The van der Waals surface area contributed by atoms with Crippen LogP contribution in [0.15, 0.2) is 4.99 Å². The lowest BCUT2D eigenvalue weighted by molar-refractivity contribution is -0.130. The Kier molecular flexibility index (Phi) is 13.5. The summed E-state index contributed by atoms with van der Waals surface area (Å²) in [5.74, 6) is 0.987. The molecule has 0 aromatic carbocycles. The second-order valence-electron chi connectivity index (χ2n) is 5.66. The number of hydrogen-bond acceptors (Lipinski definition) is 3. The quantitative estimate of drug-likeness (QED) is 0.422. The molecule has 0 aliphatic heterocycles. The van der Waals surface area contributed by atoms with Crippen LogP contribution in [0.2, 0.25) is 0 Å². The number of aliphatic imine (C=N–C) groups is 1. The van der Waals surface area contributed by atoms with Gasteiger partial charge in [-0.1, -0.05) is 13.3 Å². The molecule has 2 N–H and O–H groups in total. The molecule has 0 saturated carbocycles. The molecule has 0 unspecified atom stereocenters. The first-order valence-electron chi connectivity index (χ1n) is 9.07. The van der Waals surface area contributed by atoms with E-state index in [0.717, 1.165) is 45.2 Å². The molecule has 0 spiro atoms. The number of likely N-dealkylation sites (N-methyl/N-ethyl adjacent to an activating group) is 1. The Morgan fingerprint density at radius 1 is 1.04 bits per heavy atom. The van der Waals surface area contributed by atoms with Crippen molar-refractivity contribution in [3.05, 3.63) is 0 Å². The predicted molar refractivity (Wildman–Crippen MR) is 98.9 cm³/mol. The summed E-state index contributed by atoms with van der Waals surface area (Å²) in [6, 6.07) is 0. The number of rotatable bonds is 12. The molecule has 0 aromatic heterocycles. The van der Waals surface area contributed by atoms with Crippen LogP contribution >= 0.6 is 0 Å². The second kappa shape index (κ2) is 14.3. The minimum atomic E-state index is 0.192. The van der Waals surface area contributed by atoms with Crippen molar-refractivity contribution >= 4 is 11.9 Å². The largest absolute Gasteiger partial charge is 0.357 e. The highest BCUT2D eigenvalue weighted by Gasteiger charge is 2.09. The summed E-state index contributed by atoms with van der Waals surface area (Å²) in [5.41, 5.74) is 0. The molecule has 1 amide bonds. The third-order valence-corrected chi connectivity index (χ3v) is 3.74. The maximum atomic E-state index is 12.0. The zero-order chi connectivity index (χ0) is 17.5. The first-order chi connectivity index (χ1) is 11.1. The van der Waals surface area contributed by atoms with Gasteiger partial charge in [0, 0.05) is 39.1 Å². The van der Waals surface area contributed by atoms with Crippen molar-refractivity contribution in [1.29, 1.82) is 0 Å². The van der Waals surface area contributed by atoms with Gasteiger partial charge < -0.3 is 20.4 Å². The van der Waals surface area contributed by atoms with Crippen LogP contribution in [0.25, 0.3) is 0 Å². The van der Waals surface area contributed by atoms with Gasteiger partial charge in [0.25, 0.3) is 0 Å². The van der Waals surface area contributed by atoms with Crippen LogP contribution in [0.1, 0.15) is 47.0 Å². The van der Waals surface area contributed by atoms with Gasteiger partial charge in [-0.05, 0) is 40.8 Å². The van der Waals surface area contributed by atoms with Gasteiger partial charge in [-0.3, -0.25) is 9.79 Å². The molecule has 6 nitrogen and oxygen atoms in total. The molecule has 0 saturated heterocycles. The Labute approximate surface area is 142 Å². The Balaban J connectivity index is 4.14. The van der Waals surface area contributed by atoms with E-state index in [0.29, 0.717) is 13.0 Å².